The summed E-state index contributed by atoms with van der Waals surface area (Å²) in [6.07, 6.45) is 3.34. The predicted molar refractivity (Wildman–Crippen MR) is 160 cm³/mol. The number of nitrogens with zero attached hydrogens (tertiary/aromatic N) is 7. The Balaban J connectivity index is 0.993. The molecule has 0 aliphatic carbocycles. The van der Waals surface area contributed by atoms with E-state index in [4.69, 9.17) is 9.47 Å². The topological polar surface area (TPSA) is 98.5 Å². The van der Waals surface area contributed by atoms with Gasteiger partial charge >= 0.3 is 0 Å². The van der Waals surface area contributed by atoms with Crippen LogP contribution in [0, 0.1) is 5.82 Å². The van der Waals surface area contributed by atoms with Crippen molar-refractivity contribution in [3.63, 3.8) is 0 Å². The van der Waals surface area contributed by atoms with Gasteiger partial charge in [-0.05, 0) is 42.0 Å². The van der Waals surface area contributed by atoms with E-state index in [0.717, 1.165) is 47.3 Å². The standard InChI is InChI=1S/C30H26FN7O3S2/c31-22-5-1-2-6-24(22)38-28(21-4-3-9-32-15-21)34-35-30(38)43-18-27-33-23(17-42-27)29(39)37-12-10-36(11-13-37)16-20-7-8-25-26(14-20)41-19-40-25/h1-9,14-15,17H,10-13,16,18-19H2. The van der Waals surface area contributed by atoms with E-state index in [1.54, 1.807) is 46.6 Å². The Morgan fingerprint density at radius 1 is 1.00 bits per heavy atom. The number of carbonyl (C=O) groups excluding carboxylic acids is 1. The molecule has 5 heterocycles. The minimum atomic E-state index is -0.382. The minimum Gasteiger partial charge on any atom is -0.454 e. The van der Waals surface area contributed by atoms with Gasteiger partial charge in [0.1, 0.15) is 16.5 Å². The second kappa shape index (κ2) is 12.1. The molecule has 218 valence electrons. The van der Waals surface area contributed by atoms with Gasteiger partial charge in [-0.2, -0.15) is 0 Å². The van der Waals surface area contributed by atoms with Crippen LogP contribution in [0.4, 0.5) is 4.39 Å². The van der Waals surface area contributed by atoms with Crippen LogP contribution in [0.3, 0.4) is 0 Å². The van der Waals surface area contributed by atoms with Crippen LogP contribution in [0.1, 0.15) is 21.1 Å². The Kier molecular flexibility index (Phi) is 7.75. The number of rotatable bonds is 8. The first-order valence-corrected chi connectivity index (χ1v) is 15.6. The van der Waals surface area contributed by atoms with Gasteiger partial charge in [0.25, 0.3) is 5.91 Å². The number of para-hydroxylation sites is 1. The summed E-state index contributed by atoms with van der Waals surface area (Å²) in [5, 5.41) is 11.8. The van der Waals surface area contributed by atoms with Crippen LogP contribution < -0.4 is 9.47 Å². The fourth-order valence-electron chi connectivity index (χ4n) is 5.07. The summed E-state index contributed by atoms with van der Waals surface area (Å²) in [5.41, 5.74) is 2.67. The molecule has 0 radical (unpaired) electrons. The molecule has 0 bridgehead atoms. The van der Waals surface area contributed by atoms with Crippen LogP contribution in [-0.4, -0.2) is 73.4 Å². The molecular weight excluding hydrogens is 590 g/mol. The average Bonchev–Trinajstić information content (AvgIpc) is 3.81. The van der Waals surface area contributed by atoms with Crippen molar-refractivity contribution in [1.82, 2.24) is 34.5 Å². The van der Waals surface area contributed by atoms with E-state index in [1.807, 2.05) is 23.1 Å². The van der Waals surface area contributed by atoms with Crippen molar-refractivity contribution in [3.8, 4) is 28.6 Å². The number of benzene rings is 2. The molecule has 3 aromatic heterocycles. The van der Waals surface area contributed by atoms with E-state index < -0.39 is 0 Å². The third-order valence-electron chi connectivity index (χ3n) is 7.24. The summed E-state index contributed by atoms with van der Waals surface area (Å²) in [7, 11) is 0. The molecule has 2 aromatic carbocycles. The van der Waals surface area contributed by atoms with Gasteiger partial charge in [-0.15, -0.1) is 21.5 Å². The highest BCUT2D eigenvalue weighted by Crippen LogP contribution is 2.33. The van der Waals surface area contributed by atoms with Gasteiger partial charge in [-0.1, -0.05) is 30.0 Å². The van der Waals surface area contributed by atoms with E-state index in [-0.39, 0.29) is 18.5 Å². The van der Waals surface area contributed by atoms with E-state index >= 15 is 0 Å². The molecule has 0 saturated carbocycles. The van der Waals surface area contributed by atoms with Crippen LogP contribution in [-0.2, 0) is 12.3 Å². The summed E-state index contributed by atoms with van der Waals surface area (Å²) in [6, 6.07) is 16.2. The Labute approximate surface area is 255 Å². The summed E-state index contributed by atoms with van der Waals surface area (Å²) < 4.78 is 27.5. The van der Waals surface area contributed by atoms with Crippen LogP contribution in [0.2, 0.25) is 0 Å². The summed E-state index contributed by atoms with van der Waals surface area (Å²) >= 11 is 2.82. The Hall–Kier alpha value is -4.33. The van der Waals surface area contributed by atoms with Crippen molar-refractivity contribution in [2.24, 2.45) is 0 Å². The maximum absolute atomic E-state index is 14.9. The molecule has 0 unspecified atom stereocenters. The Morgan fingerprint density at radius 3 is 2.70 bits per heavy atom. The van der Waals surface area contributed by atoms with Gasteiger partial charge < -0.3 is 14.4 Å². The Morgan fingerprint density at radius 2 is 1.86 bits per heavy atom. The van der Waals surface area contributed by atoms with Crippen molar-refractivity contribution < 1.29 is 18.7 Å². The molecule has 10 nitrogen and oxygen atoms in total. The van der Waals surface area contributed by atoms with Crippen molar-refractivity contribution in [2.75, 3.05) is 33.0 Å². The number of thiazole rings is 1. The smallest absolute Gasteiger partial charge is 0.273 e. The molecule has 1 amide bonds. The van der Waals surface area contributed by atoms with Crippen LogP contribution in [0.5, 0.6) is 11.5 Å². The maximum atomic E-state index is 14.9. The average molecular weight is 616 g/mol. The highest BCUT2D eigenvalue weighted by atomic mass is 32.2. The van der Waals surface area contributed by atoms with Crippen molar-refractivity contribution in [3.05, 3.63) is 94.5 Å². The normalized spacial score (nSPS) is 14.8. The quantitative estimate of drug-likeness (QED) is 0.226. The monoisotopic (exact) mass is 615 g/mol. The number of hydrogen-bond donors (Lipinski definition) is 0. The molecule has 2 aliphatic heterocycles. The highest BCUT2D eigenvalue weighted by molar-refractivity contribution is 7.98. The molecule has 1 saturated heterocycles. The SMILES string of the molecule is O=C(c1csc(CSc2nnc(-c3cccnc3)n2-c2ccccc2F)n1)N1CCN(Cc2ccc3c(c2)OCO3)CC1. The lowest BCUT2D eigenvalue weighted by Crippen LogP contribution is -2.48. The molecule has 13 heteroatoms. The van der Waals surface area contributed by atoms with Gasteiger partial charge in [0.15, 0.2) is 22.5 Å². The Bertz CT molecular complexity index is 1760. The van der Waals surface area contributed by atoms with Crippen LogP contribution in [0.15, 0.2) is 77.5 Å². The number of halogens is 1. The second-order valence-corrected chi connectivity index (χ2v) is 11.9. The largest absolute Gasteiger partial charge is 0.454 e. The van der Waals surface area contributed by atoms with Crippen molar-refractivity contribution >= 4 is 29.0 Å². The second-order valence-electron chi connectivity index (χ2n) is 10.0. The molecule has 1 fully saturated rings. The van der Waals surface area contributed by atoms with E-state index in [9.17, 15) is 9.18 Å². The molecular formula is C30H26FN7O3S2. The van der Waals surface area contributed by atoms with E-state index in [2.05, 4.69) is 31.1 Å². The van der Waals surface area contributed by atoms with Gasteiger partial charge in [-0.3, -0.25) is 19.2 Å². The third-order valence-corrected chi connectivity index (χ3v) is 9.22. The molecule has 2 aliphatic rings. The number of aromatic nitrogens is 5. The predicted octanol–water partition coefficient (Wildman–Crippen LogP) is 4.90. The van der Waals surface area contributed by atoms with Crippen LogP contribution >= 0.6 is 23.1 Å². The number of pyridine rings is 1. The van der Waals surface area contributed by atoms with Gasteiger partial charge in [-0.25, -0.2) is 9.37 Å². The fourth-order valence-corrected chi connectivity index (χ4v) is 6.80. The molecule has 0 atom stereocenters. The zero-order chi connectivity index (χ0) is 29.2. The fraction of sp³-hybridized carbons (Fsp3) is 0.233. The van der Waals surface area contributed by atoms with E-state index in [0.29, 0.717) is 41.2 Å². The zero-order valence-electron chi connectivity index (χ0n) is 22.9. The first-order valence-electron chi connectivity index (χ1n) is 13.7. The first-order chi connectivity index (χ1) is 21.1. The van der Waals surface area contributed by atoms with Gasteiger partial charge in [0.2, 0.25) is 6.79 Å². The summed E-state index contributed by atoms with van der Waals surface area (Å²) in [4.78, 5) is 26.3. The number of piperazine rings is 1. The van der Waals surface area contributed by atoms with Crippen molar-refractivity contribution in [1.29, 1.82) is 0 Å². The van der Waals surface area contributed by atoms with Crippen LogP contribution in [0.25, 0.3) is 17.1 Å². The molecule has 7 rings (SSSR count). The first kappa shape index (κ1) is 27.5. The number of thioether (sulfide) groups is 1. The third kappa shape index (κ3) is 5.83. The lowest BCUT2D eigenvalue weighted by atomic mass is 10.1. The number of hydrogen-bond acceptors (Lipinski definition) is 10. The maximum Gasteiger partial charge on any atom is 0.273 e. The number of amides is 1. The lowest BCUT2D eigenvalue weighted by molar-refractivity contribution is 0.0623. The summed E-state index contributed by atoms with van der Waals surface area (Å²) in [5.74, 6) is 2.07. The molecule has 0 spiro atoms. The minimum absolute atomic E-state index is 0.0661. The van der Waals surface area contributed by atoms with E-state index in [1.165, 1.54) is 29.2 Å². The highest BCUT2D eigenvalue weighted by Gasteiger charge is 2.25. The number of ether oxygens (including phenoxy) is 2. The number of fused-ring (bicyclic) bond motifs is 1. The van der Waals surface area contributed by atoms with Gasteiger partial charge in [0, 0.05) is 56.1 Å². The molecule has 5 aromatic rings. The van der Waals surface area contributed by atoms with Gasteiger partial charge in [0.05, 0.1) is 11.4 Å². The summed E-state index contributed by atoms with van der Waals surface area (Å²) in [6.45, 7) is 3.87. The number of carbonyl (C=O) groups is 1. The molecule has 43 heavy (non-hydrogen) atoms. The zero-order valence-corrected chi connectivity index (χ0v) is 24.6. The lowest BCUT2D eigenvalue weighted by Gasteiger charge is -2.34. The molecule has 0 N–H and O–H groups in total. The van der Waals surface area contributed by atoms with Crippen molar-refractivity contribution in [2.45, 2.75) is 17.5 Å².